The van der Waals surface area contributed by atoms with Gasteiger partial charge in [-0.2, -0.15) is 0 Å². The van der Waals surface area contributed by atoms with E-state index < -0.39 is 29.5 Å². The summed E-state index contributed by atoms with van der Waals surface area (Å²) in [6.45, 7) is 9.67. The smallest absolute Gasteiger partial charge is 0.333 e. The number of esters is 3. The third kappa shape index (κ3) is 2.50. The molecule has 0 aromatic heterocycles. The van der Waals surface area contributed by atoms with Crippen molar-refractivity contribution in [1.29, 1.82) is 0 Å². The van der Waals surface area contributed by atoms with Crippen LogP contribution in [0.25, 0.3) is 0 Å². The van der Waals surface area contributed by atoms with Crippen LogP contribution in [0.1, 0.15) is 65.7 Å². The van der Waals surface area contributed by atoms with Crippen LogP contribution in [0, 0.1) is 46.3 Å². The monoisotopic (exact) mass is 442 g/mol. The highest BCUT2D eigenvalue weighted by Gasteiger charge is 2.77. The van der Waals surface area contributed by atoms with Gasteiger partial charge in [-0.1, -0.05) is 13.5 Å². The van der Waals surface area contributed by atoms with Crippen LogP contribution in [-0.4, -0.2) is 36.2 Å². The Morgan fingerprint density at radius 2 is 1.78 bits per heavy atom. The molecule has 1 heterocycles. The highest BCUT2D eigenvalue weighted by molar-refractivity contribution is 5.92. The number of carbonyl (C=O) groups is 3. The first-order valence-corrected chi connectivity index (χ1v) is 12.4. The Hall–Kier alpha value is -1.85. The summed E-state index contributed by atoms with van der Waals surface area (Å²) < 4.78 is 17.6. The van der Waals surface area contributed by atoms with Gasteiger partial charge in [0.1, 0.15) is 17.6 Å². The van der Waals surface area contributed by atoms with Gasteiger partial charge >= 0.3 is 17.9 Å². The Balaban J connectivity index is 1.25. The first-order valence-electron chi connectivity index (χ1n) is 12.4. The molecule has 6 aliphatic carbocycles. The van der Waals surface area contributed by atoms with E-state index in [1.807, 2.05) is 0 Å². The summed E-state index contributed by atoms with van der Waals surface area (Å²) in [6, 6.07) is 0. The molecule has 7 rings (SSSR count). The molecule has 6 bridgehead atoms. The van der Waals surface area contributed by atoms with Gasteiger partial charge in [-0.3, -0.25) is 9.59 Å². The van der Waals surface area contributed by atoms with Crippen molar-refractivity contribution in [2.24, 2.45) is 46.3 Å². The van der Waals surface area contributed by atoms with Crippen molar-refractivity contribution in [3.05, 3.63) is 12.2 Å². The minimum atomic E-state index is -1.01. The second-order valence-electron chi connectivity index (χ2n) is 12.0. The molecule has 6 nitrogen and oxygen atoms in total. The molecule has 0 aromatic rings. The van der Waals surface area contributed by atoms with Crippen LogP contribution in [0.2, 0.25) is 0 Å². The number of ether oxygens (including phenoxy) is 3. The van der Waals surface area contributed by atoms with Gasteiger partial charge in [-0.25, -0.2) is 4.79 Å². The van der Waals surface area contributed by atoms with E-state index in [0.717, 1.165) is 30.6 Å². The van der Waals surface area contributed by atoms with Gasteiger partial charge < -0.3 is 14.2 Å². The molecule has 1 aliphatic heterocycles. The molecule has 6 heteroatoms. The van der Waals surface area contributed by atoms with E-state index in [0.29, 0.717) is 24.3 Å². The number of hydrogen-bond donors (Lipinski definition) is 0. The second-order valence-corrected chi connectivity index (χ2v) is 12.0. The quantitative estimate of drug-likeness (QED) is 0.366. The van der Waals surface area contributed by atoms with E-state index in [1.54, 1.807) is 6.92 Å². The predicted molar refractivity (Wildman–Crippen MR) is 114 cm³/mol. The van der Waals surface area contributed by atoms with Crippen LogP contribution < -0.4 is 0 Å². The molecule has 0 aromatic carbocycles. The largest absolute Gasteiger partial charge is 0.462 e. The summed E-state index contributed by atoms with van der Waals surface area (Å²) in [5.41, 5.74) is -0.663. The fourth-order valence-electron chi connectivity index (χ4n) is 9.13. The van der Waals surface area contributed by atoms with Gasteiger partial charge in [-0.15, -0.1) is 0 Å². The van der Waals surface area contributed by atoms with Crippen LogP contribution in [0.5, 0.6) is 0 Å². The minimum Gasteiger partial charge on any atom is -0.462 e. The van der Waals surface area contributed by atoms with Crippen LogP contribution in [0.3, 0.4) is 0 Å². The van der Waals surface area contributed by atoms with Gasteiger partial charge in [0, 0.05) is 16.9 Å². The topological polar surface area (TPSA) is 78.9 Å². The fourth-order valence-corrected chi connectivity index (χ4v) is 9.13. The molecule has 6 saturated carbocycles. The molecular formula is C26H34O6. The van der Waals surface area contributed by atoms with Crippen molar-refractivity contribution in [2.45, 2.75) is 84.0 Å². The minimum absolute atomic E-state index is 0.0490. The first-order chi connectivity index (χ1) is 15.2. The van der Waals surface area contributed by atoms with Crippen LogP contribution in [0.4, 0.5) is 0 Å². The van der Waals surface area contributed by atoms with Crippen LogP contribution >= 0.6 is 0 Å². The summed E-state index contributed by atoms with van der Waals surface area (Å²) in [5.74, 6) is 1.12. The Morgan fingerprint density at radius 1 is 1.09 bits per heavy atom. The summed E-state index contributed by atoms with van der Waals surface area (Å²) in [7, 11) is 0. The molecule has 9 unspecified atom stereocenters. The molecule has 0 radical (unpaired) electrons. The van der Waals surface area contributed by atoms with E-state index in [4.69, 9.17) is 14.2 Å². The van der Waals surface area contributed by atoms with Crippen LogP contribution in [0.15, 0.2) is 12.2 Å². The molecule has 0 amide bonds. The molecule has 7 fully saturated rings. The first kappa shape index (κ1) is 20.7. The van der Waals surface area contributed by atoms with E-state index in [9.17, 15) is 14.4 Å². The van der Waals surface area contributed by atoms with Crippen molar-refractivity contribution < 1.29 is 28.6 Å². The summed E-state index contributed by atoms with van der Waals surface area (Å²) in [5, 5.41) is 0. The SMILES string of the molecule is C=C(C)C(=O)OC1C2CC3C(=O)OC1C3(C(=O)OC(C)C13CC4CC(CC(C4)C1C)C3)C2. The summed E-state index contributed by atoms with van der Waals surface area (Å²) in [6.07, 6.45) is 5.77. The highest BCUT2D eigenvalue weighted by atomic mass is 16.6. The third-order valence-corrected chi connectivity index (χ3v) is 10.5. The van der Waals surface area contributed by atoms with Gasteiger partial charge in [-0.05, 0) is 82.5 Å². The molecule has 0 N–H and O–H groups in total. The lowest BCUT2D eigenvalue weighted by molar-refractivity contribution is -0.198. The van der Waals surface area contributed by atoms with Crippen molar-refractivity contribution in [1.82, 2.24) is 0 Å². The molecule has 32 heavy (non-hydrogen) atoms. The van der Waals surface area contributed by atoms with E-state index in [-0.39, 0.29) is 29.4 Å². The second kappa shape index (κ2) is 6.60. The predicted octanol–water partition coefficient (Wildman–Crippen LogP) is 3.82. The fraction of sp³-hybridized carbons (Fsp3) is 0.808. The maximum absolute atomic E-state index is 13.8. The Labute approximate surface area is 189 Å². The van der Waals surface area contributed by atoms with Crippen molar-refractivity contribution in [2.75, 3.05) is 0 Å². The van der Waals surface area contributed by atoms with Gasteiger partial charge in [0.15, 0.2) is 6.10 Å². The summed E-state index contributed by atoms with van der Waals surface area (Å²) >= 11 is 0. The Morgan fingerprint density at radius 3 is 2.44 bits per heavy atom. The molecule has 9 atom stereocenters. The maximum atomic E-state index is 13.8. The maximum Gasteiger partial charge on any atom is 0.333 e. The van der Waals surface area contributed by atoms with Gasteiger partial charge in [0.25, 0.3) is 0 Å². The number of hydrogen-bond acceptors (Lipinski definition) is 6. The average molecular weight is 443 g/mol. The summed E-state index contributed by atoms with van der Waals surface area (Å²) in [4.78, 5) is 38.6. The number of fused-ring (bicyclic) bond motifs is 1. The zero-order valence-electron chi connectivity index (χ0n) is 19.3. The van der Waals surface area contributed by atoms with E-state index in [2.05, 4.69) is 20.4 Å². The van der Waals surface area contributed by atoms with Crippen molar-refractivity contribution in [3.8, 4) is 0 Å². The Bertz CT molecular complexity index is 894. The zero-order valence-corrected chi connectivity index (χ0v) is 19.3. The number of carbonyl (C=O) groups excluding carboxylic acids is 3. The lowest BCUT2D eigenvalue weighted by atomic mass is 9.44. The number of rotatable bonds is 5. The lowest BCUT2D eigenvalue weighted by Gasteiger charge is -2.62. The molecular weight excluding hydrogens is 408 g/mol. The van der Waals surface area contributed by atoms with Crippen molar-refractivity contribution in [3.63, 3.8) is 0 Å². The van der Waals surface area contributed by atoms with E-state index in [1.165, 1.54) is 19.3 Å². The average Bonchev–Trinajstić information content (AvgIpc) is 3.32. The third-order valence-electron chi connectivity index (χ3n) is 10.5. The standard InChI is InChI=1S/C26H34O6/c1-12(2)22(27)31-20-18-8-19-23(28)32-21(20)26(19,11-18)24(29)30-14(4)25-9-15-5-16(10-25)7-17(6-15)13(25)3/h13-21H,1,5-11H2,2-4H3. The van der Waals surface area contributed by atoms with Gasteiger partial charge in [0.05, 0.1) is 5.92 Å². The molecule has 1 saturated heterocycles. The van der Waals surface area contributed by atoms with E-state index >= 15 is 0 Å². The lowest BCUT2D eigenvalue weighted by Crippen LogP contribution is -2.58. The zero-order chi connectivity index (χ0) is 22.6. The van der Waals surface area contributed by atoms with Crippen LogP contribution in [-0.2, 0) is 28.6 Å². The van der Waals surface area contributed by atoms with Crippen molar-refractivity contribution >= 4 is 17.9 Å². The molecule has 0 spiro atoms. The normalized spacial score (nSPS) is 50.3. The molecule has 174 valence electrons. The van der Waals surface area contributed by atoms with Gasteiger partial charge in [0.2, 0.25) is 0 Å². The molecule has 7 aliphatic rings. The Kier molecular flexibility index (Phi) is 4.28. The highest BCUT2D eigenvalue weighted by Crippen LogP contribution is 2.67.